The smallest absolute Gasteiger partial charge is 0.141 e. The van der Waals surface area contributed by atoms with E-state index in [-0.39, 0.29) is 0 Å². The molecule has 20 heavy (non-hydrogen) atoms. The number of hydrogen-bond donors (Lipinski definition) is 1. The Kier molecular flexibility index (Phi) is 4.74. The molecule has 0 aliphatic rings. The van der Waals surface area contributed by atoms with Crippen molar-refractivity contribution in [2.75, 3.05) is 7.11 Å². The van der Waals surface area contributed by atoms with Gasteiger partial charge in [0, 0.05) is 11.6 Å². The molecule has 0 saturated carbocycles. The molecule has 1 heterocycles. The van der Waals surface area contributed by atoms with Gasteiger partial charge in [0.2, 0.25) is 0 Å². The van der Waals surface area contributed by atoms with E-state index in [4.69, 9.17) is 4.74 Å². The molecular formula is C15H22N4O. The van der Waals surface area contributed by atoms with Crippen molar-refractivity contribution in [2.45, 2.75) is 39.9 Å². The van der Waals surface area contributed by atoms with Crippen molar-refractivity contribution < 1.29 is 4.74 Å². The molecule has 0 bridgehead atoms. The zero-order valence-electron chi connectivity index (χ0n) is 12.6. The molecule has 2 rings (SSSR count). The predicted octanol–water partition coefficient (Wildman–Crippen LogP) is 2.14. The fraction of sp³-hybridized carbons (Fsp3) is 0.467. The molecule has 0 atom stereocenters. The number of nitrogens with one attached hydrogen (secondary N) is 1. The van der Waals surface area contributed by atoms with Crippen LogP contribution >= 0.6 is 0 Å². The standard InChI is InChI=1S/C15H22N4O/c1-11(2)16-8-15-17-10-18-19(15)9-13-7-12(3)5-6-14(13)20-4/h5-7,10-11,16H,8-9H2,1-4H3. The van der Waals surface area contributed by atoms with E-state index in [9.17, 15) is 0 Å². The molecular weight excluding hydrogens is 252 g/mol. The highest BCUT2D eigenvalue weighted by Gasteiger charge is 2.09. The van der Waals surface area contributed by atoms with Crippen molar-refractivity contribution in [1.29, 1.82) is 0 Å². The first kappa shape index (κ1) is 14.5. The van der Waals surface area contributed by atoms with E-state index in [0.29, 0.717) is 19.1 Å². The molecule has 1 aromatic carbocycles. The Balaban J connectivity index is 2.18. The number of aryl methyl sites for hydroxylation is 1. The molecule has 2 aromatic rings. The number of ether oxygens (including phenoxy) is 1. The van der Waals surface area contributed by atoms with E-state index in [1.54, 1.807) is 13.4 Å². The fourth-order valence-corrected chi connectivity index (χ4v) is 2.04. The molecule has 5 nitrogen and oxygen atoms in total. The van der Waals surface area contributed by atoms with Gasteiger partial charge >= 0.3 is 0 Å². The average molecular weight is 274 g/mol. The molecule has 1 N–H and O–H groups in total. The van der Waals surface area contributed by atoms with Crippen molar-refractivity contribution in [3.05, 3.63) is 41.5 Å². The van der Waals surface area contributed by atoms with Crippen molar-refractivity contribution in [3.8, 4) is 5.75 Å². The van der Waals surface area contributed by atoms with Crippen LogP contribution in [0.5, 0.6) is 5.75 Å². The molecule has 1 aromatic heterocycles. The van der Waals surface area contributed by atoms with Crippen LogP contribution in [0.15, 0.2) is 24.5 Å². The Hall–Kier alpha value is -1.88. The molecule has 0 aliphatic carbocycles. The summed E-state index contributed by atoms with van der Waals surface area (Å²) in [4.78, 5) is 4.31. The van der Waals surface area contributed by atoms with Crippen LogP contribution < -0.4 is 10.1 Å². The van der Waals surface area contributed by atoms with Crippen LogP contribution in [0.25, 0.3) is 0 Å². The Morgan fingerprint density at radius 3 is 2.85 bits per heavy atom. The third-order valence-corrected chi connectivity index (χ3v) is 3.12. The fourth-order valence-electron chi connectivity index (χ4n) is 2.04. The molecule has 0 fully saturated rings. The monoisotopic (exact) mass is 274 g/mol. The Morgan fingerprint density at radius 2 is 2.15 bits per heavy atom. The Labute approximate surface area is 120 Å². The summed E-state index contributed by atoms with van der Waals surface area (Å²) in [5.74, 6) is 1.82. The quantitative estimate of drug-likeness (QED) is 0.877. The molecule has 108 valence electrons. The van der Waals surface area contributed by atoms with Gasteiger partial charge < -0.3 is 10.1 Å². The van der Waals surface area contributed by atoms with Crippen LogP contribution in [0.4, 0.5) is 0 Å². The summed E-state index contributed by atoms with van der Waals surface area (Å²) in [7, 11) is 1.69. The minimum Gasteiger partial charge on any atom is -0.496 e. The topological polar surface area (TPSA) is 52.0 Å². The molecule has 0 saturated heterocycles. The van der Waals surface area contributed by atoms with Gasteiger partial charge in [0.05, 0.1) is 20.2 Å². The minimum atomic E-state index is 0.425. The van der Waals surface area contributed by atoms with E-state index in [1.807, 2.05) is 16.8 Å². The number of benzene rings is 1. The third kappa shape index (κ3) is 3.57. The van der Waals surface area contributed by atoms with Crippen LogP contribution in [0.3, 0.4) is 0 Å². The van der Waals surface area contributed by atoms with Gasteiger partial charge in [0.1, 0.15) is 17.9 Å². The molecule has 0 unspecified atom stereocenters. The lowest BCUT2D eigenvalue weighted by atomic mass is 10.1. The lowest BCUT2D eigenvalue weighted by molar-refractivity contribution is 0.406. The summed E-state index contributed by atoms with van der Waals surface area (Å²) in [6.07, 6.45) is 1.60. The van der Waals surface area contributed by atoms with Crippen molar-refractivity contribution in [2.24, 2.45) is 0 Å². The normalized spacial score (nSPS) is 11.1. The van der Waals surface area contributed by atoms with Crippen molar-refractivity contribution >= 4 is 0 Å². The van der Waals surface area contributed by atoms with Gasteiger partial charge in [-0.2, -0.15) is 5.10 Å². The second-order valence-electron chi connectivity index (χ2n) is 5.18. The molecule has 5 heteroatoms. The molecule has 0 amide bonds. The Bertz CT molecular complexity index is 563. The minimum absolute atomic E-state index is 0.425. The van der Waals surface area contributed by atoms with Crippen LogP contribution in [0.1, 0.15) is 30.8 Å². The van der Waals surface area contributed by atoms with E-state index in [1.165, 1.54) is 5.56 Å². The van der Waals surface area contributed by atoms with Crippen LogP contribution in [-0.2, 0) is 13.1 Å². The largest absolute Gasteiger partial charge is 0.496 e. The van der Waals surface area contributed by atoms with Gasteiger partial charge in [-0.1, -0.05) is 31.5 Å². The molecule has 0 aliphatic heterocycles. The first-order valence-electron chi connectivity index (χ1n) is 6.83. The lowest BCUT2D eigenvalue weighted by Crippen LogP contribution is -2.24. The third-order valence-electron chi connectivity index (χ3n) is 3.12. The van der Waals surface area contributed by atoms with Crippen molar-refractivity contribution in [1.82, 2.24) is 20.1 Å². The molecule has 0 spiro atoms. The maximum Gasteiger partial charge on any atom is 0.141 e. The van der Waals surface area contributed by atoms with Gasteiger partial charge in [-0.25, -0.2) is 9.67 Å². The number of hydrogen-bond acceptors (Lipinski definition) is 4. The number of aromatic nitrogens is 3. The predicted molar refractivity (Wildman–Crippen MR) is 78.8 cm³/mol. The van der Waals surface area contributed by atoms with Gasteiger partial charge in [0.25, 0.3) is 0 Å². The highest BCUT2D eigenvalue weighted by atomic mass is 16.5. The zero-order chi connectivity index (χ0) is 14.5. The van der Waals surface area contributed by atoms with E-state index >= 15 is 0 Å². The van der Waals surface area contributed by atoms with Crippen molar-refractivity contribution in [3.63, 3.8) is 0 Å². The van der Waals surface area contributed by atoms with Crippen LogP contribution in [0, 0.1) is 6.92 Å². The second kappa shape index (κ2) is 6.52. The Morgan fingerprint density at radius 1 is 1.35 bits per heavy atom. The summed E-state index contributed by atoms with van der Waals surface area (Å²) in [5.41, 5.74) is 2.33. The zero-order valence-corrected chi connectivity index (χ0v) is 12.6. The maximum atomic E-state index is 5.41. The number of nitrogens with zero attached hydrogens (tertiary/aromatic N) is 3. The van der Waals surface area contributed by atoms with Gasteiger partial charge in [-0.3, -0.25) is 0 Å². The first-order chi connectivity index (χ1) is 9.60. The first-order valence-corrected chi connectivity index (χ1v) is 6.83. The summed E-state index contributed by atoms with van der Waals surface area (Å²) in [6, 6.07) is 6.59. The SMILES string of the molecule is COc1ccc(C)cc1Cn1ncnc1CNC(C)C. The maximum absolute atomic E-state index is 5.41. The van der Waals surface area contributed by atoms with E-state index in [2.05, 4.69) is 42.2 Å². The second-order valence-corrected chi connectivity index (χ2v) is 5.18. The summed E-state index contributed by atoms with van der Waals surface area (Å²) < 4.78 is 7.32. The van der Waals surface area contributed by atoms with Gasteiger partial charge in [0.15, 0.2) is 0 Å². The highest BCUT2D eigenvalue weighted by molar-refractivity contribution is 5.37. The summed E-state index contributed by atoms with van der Waals surface area (Å²) in [6.45, 7) is 7.69. The van der Waals surface area contributed by atoms with E-state index in [0.717, 1.165) is 17.1 Å². The van der Waals surface area contributed by atoms with Gasteiger partial charge in [-0.15, -0.1) is 0 Å². The molecule has 0 radical (unpaired) electrons. The van der Waals surface area contributed by atoms with Gasteiger partial charge in [-0.05, 0) is 13.0 Å². The van der Waals surface area contributed by atoms with Crippen LogP contribution in [0.2, 0.25) is 0 Å². The van der Waals surface area contributed by atoms with Crippen LogP contribution in [-0.4, -0.2) is 27.9 Å². The number of methoxy groups -OCH3 is 1. The lowest BCUT2D eigenvalue weighted by Gasteiger charge is -2.12. The summed E-state index contributed by atoms with van der Waals surface area (Å²) in [5, 5.41) is 7.66. The highest BCUT2D eigenvalue weighted by Crippen LogP contribution is 2.20. The summed E-state index contributed by atoms with van der Waals surface area (Å²) >= 11 is 0. The number of rotatable bonds is 6. The van der Waals surface area contributed by atoms with E-state index < -0.39 is 0 Å². The average Bonchev–Trinajstić information content (AvgIpc) is 2.84.